The first-order chi connectivity index (χ1) is 7.41. The predicted molar refractivity (Wildman–Crippen MR) is 47.3 cm³/mol. The van der Waals surface area contributed by atoms with Crippen LogP contribution in [0, 0.1) is 0 Å². The summed E-state index contributed by atoms with van der Waals surface area (Å²) in [6.07, 6.45) is -4.53. The molecule has 16 heavy (non-hydrogen) atoms. The van der Waals surface area contributed by atoms with Crippen LogP contribution in [0.5, 0.6) is 5.75 Å². The van der Waals surface area contributed by atoms with Crippen LogP contribution in [0.25, 0.3) is 0 Å². The Morgan fingerprint density at radius 1 is 1.44 bits per heavy atom. The van der Waals surface area contributed by atoms with E-state index < -0.39 is 23.6 Å². The van der Waals surface area contributed by atoms with Gasteiger partial charge >= 0.3 is 12.1 Å². The van der Waals surface area contributed by atoms with E-state index in [0.29, 0.717) is 0 Å². The van der Waals surface area contributed by atoms with Gasteiger partial charge in [-0.15, -0.1) is 0 Å². The predicted octanol–water partition coefficient (Wildman–Crippen LogP) is 2.27. The van der Waals surface area contributed by atoms with Crippen LogP contribution >= 0.6 is 0 Å². The minimum Gasteiger partial charge on any atom is -0.491 e. The van der Waals surface area contributed by atoms with Gasteiger partial charge in [0.1, 0.15) is 18.3 Å². The van der Waals surface area contributed by atoms with Gasteiger partial charge in [0.05, 0.1) is 5.56 Å². The number of alkyl halides is 3. The average Bonchev–Trinajstić information content (AvgIpc) is 2.58. The van der Waals surface area contributed by atoms with Crippen molar-refractivity contribution in [3.8, 4) is 5.75 Å². The minimum absolute atomic E-state index is 0.0855. The second-order valence-electron chi connectivity index (χ2n) is 3.42. The standard InChI is InChI=1S/C10H7F3O3/c11-10(12,13)7-3-1-2-5-6(9(14)15)4-16-8(5)7/h1-3,6H,4H2,(H,14,15). The average molecular weight is 232 g/mol. The number of para-hydroxylation sites is 1. The number of ether oxygens (including phenoxy) is 1. The lowest BCUT2D eigenvalue weighted by molar-refractivity contribution is -0.139. The van der Waals surface area contributed by atoms with E-state index in [2.05, 4.69) is 0 Å². The number of halogens is 3. The first-order valence-electron chi connectivity index (χ1n) is 4.47. The van der Waals surface area contributed by atoms with Crippen LogP contribution < -0.4 is 4.74 Å². The van der Waals surface area contributed by atoms with Crippen molar-refractivity contribution in [2.45, 2.75) is 12.1 Å². The molecule has 1 unspecified atom stereocenters. The molecule has 1 aliphatic heterocycles. The van der Waals surface area contributed by atoms with Crippen molar-refractivity contribution in [3.63, 3.8) is 0 Å². The lowest BCUT2D eigenvalue weighted by Crippen LogP contribution is -2.12. The van der Waals surface area contributed by atoms with Crippen molar-refractivity contribution in [1.29, 1.82) is 0 Å². The normalized spacial score (nSPS) is 19.1. The van der Waals surface area contributed by atoms with Crippen LogP contribution in [0.2, 0.25) is 0 Å². The highest BCUT2D eigenvalue weighted by Crippen LogP contribution is 2.43. The van der Waals surface area contributed by atoms with E-state index in [1.165, 1.54) is 12.1 Å². The summed E-state index contributed by atoms with van der Waals surface area (Å²) < 4.78 is 42.5. The van der Waals surface area contributed by atoms with Crippen molar-refractivity contribution in [2.24, 2.45) is 0 Å². The van der Waals surface area contributed by atoms with Crippen LogP contribution in [0.3, 0.4) is 0 Å². The number of rotatable bonds is 1. The first kappa shape index (κ1) is 10.8. The highest BCUT2D eigenvalue weighted by molar-refractivity contribution is 5.79. The zero-order chi connectivity index (χ0) is 11.9. The molecule has 1 aliphatic rings. The highest BCUT2D eigenvalue weighted by Gasteiger charge is 2.40. The second kappa shape index (κ2) is 3.40. The molecule has 0 amide bonds. The summed E-state index contributed by atoms with van der Waals surface area (Å²) in [6.45, 7) is -0.252. The van der Waals surface area contributed by atoms with Gasteiger partial charge < -0.3 is 9.84 Å². The van der Waals surface area contributed by atoms with Gasteiger partial charge in [-0.2, -0.15) is 13.2 Å². The van der Waals surface area contributed by atoms with Crippen LogP contribution in [0.4, 0.5) is 13.2 Å². The van der Waals surface area contributed by atoms with Gasteiger partial charge in [0.15, 0.2) is 0 Å². The fraction of sp³-hybridized carbons (Fsp3) is 0.300. The molecule has 0 bridgehead atoms. The molecule has 2 rings (SSSR count). The van der Waals surface area contributed by atoms with Crippen molar-refractivity contribution >= 4 is 5.97 Å². The Morgan fingerprint density at radius 3 is 2.69 bits per heavy atom. The highest BCUT2D eigenvalue weighted by atomic mass is 19.4. The summed E-state index contributed by atoms with van der Waals surface area (Å²) in [7, 11) is 0. The zero-order valence-corrected chi connectivity index (χ0v) is 7.91. The number of hydrogen-bond acceptors (Lipinski definition) is 2. The minimum atomic E-state index is -4.53. The summed E-state index contributed by atoms with van der Waals surface area (Å²) in [5.41, 5.74) is -0.837. The Bertz CT molecular complexity index is 439. The molecule has 1 heterocycles. The summed E-state index contributed by atoms with van der Waals surface area (Å²) in [4.78, 5) is 10.8. The smallest absolute Gasteiger partial charge is 0.419 e. The summed E-state index contributed by atoms with van der Waals surface area (Å²) in [5.74, 6) is -2.56. The monoisotopic (exact) mass is 232 g/mol. The van der Waals surface area contributed by atoms with Crippen LogP contribution in [-0.4, -0.2) is 17.7 Å². The molecule has 3 nitrogen and oxygen atoms in total. The molecular formula is C10H7F3O3. The Kier molecular flexibility index (Phi) is 2.29. The number of aliphatic carboxylic acids is 1. The summed E-state index contributed by atoms with van der Waals surface area (Å²) >= 11 is 0. The SMILES string of the molecule is O=C(O)C1COc2c1cccc2C(F)(F)F. The third-order valence-corrected chi connectivity index (χ3v) is 2.42. The number of carboxylic acid groups (broad SMARTS) is 1. The topological polar surface area (TPSA) is 46.5 Å². The van der Waals surface area contributed by atoms with E-state index in [1.54, 1.807) is 0 Å². The Hall–Kier alpha value is -1.72. The van der Waals surface area contributed by atoms with Crippen molar-refractivity contribution < 1.29 is 27.8 Å². The van der Waals surface area contributed by atoms with Gasteiger partial charge in [-0.05, 0) is 6.07 Å². The quantitative estimate of drug-likeness (QED) is 0.807. The fourth-order valence-electron chi connectivity index (χ4n) is 1.67. The molecule has 0 saturated heterocycles. The van der Waals surface area contributed by atoms with Gasteiger partial charge in [-0.3, -0.25) is 4.79 Å². The largest absolute Gasteiger partial charge is 0.491 e. The van der Waals surface area contributed by atoms with E-state index in [9.17, 15) is 18.0 Å². The molecule has 0 aromatic heterocycles. The first-order valence-corrected chi connectivity index (χ1v) is 4.47. The third kappa shape index (κ3) is 1.60. The fourth-order valence-corrected chi connectivity index (χ4v) is 1.67. The van der Waals surface area contributed by atoms with Crippen LogP contribution in [-0.2, 0) is 11.0 Å². The maximum Gasteiger partial charge on any atom is 0.419 e. The number of fused-ring (bicyclic) bond motifs is 1. The van der Waals surface area contributed by atoms with Gasteiger partial charge in [-0.25, -0.2) is 0 Å². The molecule has 6 heteroatoms. The number of carbonyl (C=O) groups is 1. The van der Waals surface area contributed by atoms with Gasteiger partial charge in [0.25, 0.3) is 0 Å². The van der Waals surface area contributed by atoms with Gasteiger partial charge in [0.2, 0.25) is 0 Å². The van der Waals surface area contributed by atoms with Crippen LogP contribution in [0.15, 0.2) is 18.2 Å². The molecule has 1 N–H and O–H groups in total. The molecule has 1 aromatic rings. The molecule has 86 valence electrons. The van der Waals surface area contributed by atoms with E-state index in [4.69, 9.17) is 9.84 Å². The lowest BCUT2D eigenvalue weighted by Gasteiger charge is -2.10. The molecule has 0 fully saturated rings. The van der Waals surface area contributed by atoms with E-state index in [1.807, 2.05) is 0 Å². The van der Waals surface area contributed by atoms with E-state index in [0.717, 1.165) is 6.07 Å². The van der Waals surface area contributed by atoms with Gasteiger partial charge in [-0.1, -0.05) is 12.1 Å². The Labute approximate surface area is 88.5 Å². The maximum atomic E-state index is 12.5. The van der Waals surface area contributed by atoms with E-state index in [-0.39, 0.29) is 17.9 Å². The van der Waals surface area contributed by atoms with Crippen molar-refractivity contribution in [1.82, 2.24) is 0 Å². The molecule has 0 saturated carbocycles. The molecule has 0 radical (unpaired) electrons. The van der Waals surface area contributed by atoms with Gasteiger partial charge in [0, 0.05) is 5.56 Å². The molecule has 0 aliphatic carbocycles. The zero-order valence-electron chi connectivity index (χ0n) is 7.91. The molecule has 0 spiro atoms. The Balaban J connectivity index is 2.52. The maximum absolute atomic E-state index is 12.5. The van der Waals surface area contributed by atoms with Crippen LogP contribution in [0.1, 0.15) is 17.0 Å². The molecule has 1 aromatic carbocycles. The lowest BCUT2D eigenvalue weighted by atomic mass is 9.99. The van der Waals surface area contributed by atoms with E-state index >= 15 is 0 Å². The third-order valence-electron chi connectivity index (χ3n) is 2.42. The number of carboxylic acids is 1. The summed E-state index contributed by atoms with van der Waals surface area (Å²) in [5, 5.41) is 8.79. The molecule has 1 atom stereocenters. The number of benzene rings is 1. The van der Waals surface area contributed by atoms with Crippen molar-refractivity contribution in [3.05, 3.63) is 29.3 Å². The molecular weight excluding hydrogens is 225 g/mol. The second-order valence-corrected chi connectivity index (χ2v) is 3.42. The summed E-state index contributed by atoms with van der Waals surface area (Å²) in [6, 6.07) is 3.41. The van der Waals surface area contributed by atoms with Crippen molar-refractivity contribution in [2.75, 3.05) is 6.61 Å². The Morgan fingerprint density at radius 2 is 2.12 bits per heavy atom. The number of hydrogen-bond donors (Lipinski definition) is 1.